The fourth-order valence-electron chi connectivity index (χ4n) is 1.85. The van der Waals surface area contributed by atoms with E-state index in [2.05, 4.69) is 41.1 Å². The Morgan fingerprint density at radius 2 is 1.56 bits per heavy atom. The molecular formula is C17H11N. The maximum absolute atomic E-state index is 4.04. The van der Waals surface area contributed by atoms with E-state index in [0.29, 0.717) is 0 Å². The van der Waals surface area contributed by atoms with Crippen LogP contribution in [0.5, 0.6) is 0 Å². The zero-order chi connectivity index (χ0) is 12.2. The second-order valence-corrected chi connectivity index (χ2v) is 4.05. The van der Waals surface area contributed by atoms with Gasteiger partial charge < -0.3 is 0 Å². The molecule has 0 amide bonds. The van der Waals surface area contributed by atoms with E-state index >= 15 is 0 Å². The number of nitrogens with zero attached hydrogens (tertiary/aromatic N) is 1. The first-order valence-corrected chi connectivity index (χ1v) is 5.83. The van der Waals surface area contributed by atoms with Gasteiger partial charge in [0.25, 0.3) is 0 Å². The number of rotatable bonds is 0. The van der Waals surface area contributed by atoms with Crippen LogP contribution in [0.2, 0.25) is 0 Å². The minimum absolute atomic E-state index is 0.936. The van der Waals surface area contributed by atoms with Crippen LogP contribution < -0.4 is 0 Å². The van der Waals surface area contributed by atoms with Crippen LogP contribution in [-0.2, 0) is 0 Å². The molecule has 0 aliphatic heterocycles. The molecule has 0 radical (unpaired) electrons. The highest BCUT2D eigenvalue weighted by molar-refractivity contribution is 5.83. The Morgan fingerprint density at radius 3 is 2.39 bits per heavy atom. The van der Waals surface area contributed by atoms with E-state index in [0.717, 1.165) is 11.1 Å². The van der Waals surface area contributed by atoms with Gasteiger partial charge in [0.2, 0.25) is 0 Å². The molecule has 0 aliphatic carbocycles. The quantitative estimate of drug-likeness (QED) is 0.536. The van der Waals surface area contributed by atoms with Crippen molar-refractivity contribution < 1.29 is 0 Å². The second-order valence-electron chi connectivity index (χ2n) is 4.05. The number of aromatic nitrogens is 1. The molecule has 0 saturated carbocycles. The average molecular weight is 229 g/mol. The molecule has 84 valence electrons. The van der Waals surface area contributed by atoms with Crippen molar-refractivity contribution in [2.24, 2.45) is 0 Å². The van der Waals surface area contributed by atoms with Gasteiger partial charge in [0.1, 0.15) is 0 Å². The molecule has 1 aromatic heterocycles. The van der Waals surface area contributed by atoms with Crippen molar-refractivity contribution >= 4 is 10.8 Å². The minimum Gasteiger partial charge on any atom is -0.263 e. The van der Waals surface area contributed by atoms with Crippen LogP contribution in [0.1, 0.15) is 11.1 Å². The van der Waals surface area contributed by atoms with E-state index in [1.807, 2.05) is 30.3 Å². The molecule has 0 N–H and O–H groups in total. The molecule has 3 rings (SSSR count). The number of fused-ring (bicyclic) bond motifs is 1. The Bertz CT molecular complexity index is 733. The van der Waals surface area contributed by atoms with E-state index in [1.54, 1.807) is 12.4 Å². The first-order chi connectivity index (χ1) is 8.92. The maximum Gasteiger partial charge on any atom is 0.0432 e. The average Bonchev–Trinajstić information content (AvgIpc) is 2.46. The zero-order valence-electron chi connectivity index (χ0n) is 9.80. The fourth-order valence-corrected chi connectivity index (χ4v) is 1.85. The van der Waals surface area contributed by atoms with Gasteiger partial charge in [-0.1, -0.05) is 42.2 Å². The minimum atomic E-state index is 0.936. The molecule has 0 fully saturated rings. The van der Waals surface area contributed by atoms with E-state index in [9.17, 15) is 0 Å². The number of benzene rings is 2. The third kappa shape index (κ3) is 2.23. The lowest BCUT2D eigenvalue weighted by atomic mass is 10.1. The molecule has 0 aliphatic rings. The SMILES string of the molecule is C(#Cc1ccc2ccccc2c1)c1cccnc1. The van der Waals surface area contributed by atoms with Crippen molar-refractivity contribution in [1.29, 1.82) is 0 Å². The highest BCUT2D eigenvalue weighted by Gasteiger charge is 1.92. The van der Waals surface area contributed by atoms with Crippen molar-refractivity contribution in [3.05, 3.63) is 78.1 Å². The smallest absolute Gasteiger partial charge is 0.0432 e. The maximum atomic E-state index is 4.04. The van der Waals surface area contributed by atoms with Gasteiger partial charge in [-0.2, -0.15) is 0 Å². The second kappa shape index (κ2) is 4.73. The Labute approximate surface area is 106 Å². The lowest BCUT2D eigenvalue weighted by molar-refractivity contribution is 1.31. The molecule has 0 atom stereocenters. The van der Waals surface area contributed by atoms with E-state index in [4.69, 9.17) is 0 Å². The highest BCUT2D eigenvalue weighted by atomic mass is 14.6. The standard InChI is InChI=1S/C17H11N/c1-2-6-17-12-14(9-10-16(17)5-1)7-8-15-4-3-11-18-13-15/h1-6,9-13H. The fraction of sp³-hybridized carbons (Fsp3) is 0. The zero-order valence-corrected chi connectivity index (χ0v) is 9.80. The molecule has 1 nitrogen and oxygen atoms in total. The lowest BCUT2D eigenvalue weighted by Crippen LogP contribution is -1.78. The molecule has 0 saturated heterocycles. The summed E-state index contributed by atoms with van der Waals surface area (Å²) in [7, 11) is 0. The predicted octanol–water partition coefficient (Wildman–Crippen LogP) is 3.63. The van der Waals surface area contributed by atoms with Crippen molar-refractivity contribution in [3.8, 4) is 11.8 Å². The third-order valence-corrected chi connectivity index (χ3v) is 2.76. The van der Waals surface area contributed by atoms with Crippen LogP contribution in [0.3, 0.4) is 0 Å². The van der Waals surface area contributed by atoms with Crippen molar-refractivity contribution in [2.45, 2.75) is 0 Å². The summed E-state index contributed by atoms with van der Waals surface area (Å²) in [6.07, 6.45) is 3.52. The Morgan fingerprint density at radius 1 is 0.722 bits per heavy atom. The van der Waals surface area contributed by atoms with Crippen LogP contribution >= 0.6 is 0 Å². The number of hydrogen-bond acceptors (Lipinski definition) is 1. The van der Waals surface area contributed by atoms with Gasteiger partial charge in [-0.25, -0.2) is 0 Å². The van der Waals surface area contributed by atoms with Gasteiger partial charge in [-0.05, 0) is 35.0 Å². The normalized spacial score (nSPS) is 9.78. The van der Waals surface area contributed by atoms with Crippen LogP contribution in [-0.4, -0.2) is 4.98 Å². The van der Waals surface area contributed by atoms with Crippen LogP contribution in [0.4, 0.5) is 0 Å². The lowest BCUT2D eigenvalue weighted by Gasteiger charge is -1.97. The summed E-state index contributed by atoms with van der Waals surface area (Å²) in [6.45, 7) is 0. The largest absolute Gasteiger partial charge is 0.263 e. The summed E-state index contributed by atoms with van der Waals surface area (Å²) in [5, 5.41) is 2.46. The molecule has 2 aromatic carbocycles. The molecule has 0 bridgehead atoms. The summed E-state index contributed by atoms with van der Waals surface area (Å²) >= 11 is 0. The first kappa shape index (κ1) is 10.6. The summed E-state index contributed by atoms with van der Waals surface area (Å²) in [4.78, 5) is 4.04. The van der Waals surface area contributed by atoms with E-state index in [1.165, 1.54) is 10.8 Å². The molecule has 1 heterocycles. The summed E-state index contributed by atoms with van der Waals surface area (Å²) in [5.41, 5.74) is 1.96. The Hall–Kier alpha value is -2.59. The number of hydrogen-bond donors (Lipinski definition) is 0. The molecule has 0 unspecified atom stereocenters. The monoisotopic (exact) mass is 229 g/mol. The predicted molar refractivity (Wildman–Crippen MR) is 74.2 cm³/mol. The van der Waals surface area contributed by atoms with Gasteiger partial charge in [-0.15, -0.1) is 0 Å². The molecule has 0 spiro atoms. The molecule has 18 heavy (non-hydrogen) atoms. The van der Waals surface area contributed by atoms with Gasteiger partial charge >= 0.3 is 0 Å². The van der Waals surface area contributed by atoms with Gasteiger partial charge in [0.15, 0.2) is 0 Å². The highest BCUT2D eigenvalue weighted by Crippen LogP contribution is 2.14. The van der Waals surface area contributed by atoms with Gasteiger partial charge in [0, 0.05) is 23.5 Å². The molecular weight excluding hydrogens is 218 g/mol. The summed E-state index contributed by atoms with van der Waals surface area (Å²) < 4.78 is 0. The Kier molecular flexibility index (Phi) is 2.77. The molecule has 1 heteroatoms. The summed E-state index contributed by atoms with van der Waals surface area (Å²) in [5.74, 6) is 6.28. The van der Waals surface area contributed by atoms with Crippen LogP contribution in [0.25, 0.3) is 10.8 Å². The van der Waals surface area contributed by atoms with Crippen molar-refractivity contribution in [3.63, 3.8) is 0 Å². The molecule has 3 aromatic rings. The van der Waals surface area contributed by atoms with Crippen molar-refractivity contribution in [2.75, 3.05) is 0 Å². The van der Waals surface area contributed by atoms with Crippen LogP contribution in [0, 0.1) is 11.8 Å². The van der Waals surface area contributed by atoms with Gasteiger partial charge in [-0.3, -0.25) is 4.98 Å². The number of pyridine rings is 1. The third-order valence-electron chi connectivity index (χ3n) is 2.76. The van der Waals surface area contributed by atoms with E-state index < -0.39 is 0 Å². The Balaban J connectivity index is 1.99. The topological polar surface area (TPSA) is 12.9 Å². The van der Waals surface area contributed by atoms with Crippen molar-refractivity contribution in [1.82, 2.24) is 4.98 Å². The first-order valence-electron chi connectivity index (χ1n) is 5.83. The van der Waals surface area contributed by atoms with Crippen LogP contribution in [0.15, 0.2) is 67.0 Å². The summed E-state index contributed by atoms with van der Waals surface area (Å²) in [6, 6.07) is 18.4. The van der Waals surface area contributed by atoms with E-state index in [-0.39, 0.29) is 0 Å². The van der Waals surface area contributed by atoms with Gasteiger partial charge in [0.05, 0.1) is 0 Å².